The minimum Gasteiger partial charge on any atom is -0.491 e. The van der Waals surface area contributed by atoms with Gasteiger partial charge in [-0.25, -0.2) is 0 Å². The average molecular weight is 450 g/mol. The van der Waals surface area contributed by atoms with E-state index in [0.29, 0.717) is 13.2 Å². The van der Waals surface area contributed by atoms with Gasteiger partial charge in [0.25, 0.3) is 5.91 Å². The molecule has 0 saturated heterocycles. The largest absolute Gasteiger partial charge is 0.491 e. The summed E-state index contributed by atoms with van der Waals surface area (Å²) in [6.45, 7) is 7.67. The second-order valence-corrected chi connectivity index (χ2v) is 10.2. The van der Waals surface area contributed by atoms with Crippen molar-refractivity contribution in [3.05, 3.63) is 113 Å². The van der Waals surface area contributed by atoms with Crippen LogP contribution in [-0.2, 0) is 18.4 Å². The molecule has 0 aromatic heterocycles. The molecule has 1 amide bonds. The van der Waals surface area contributed by atoms with Crippen LogP contribution in [0.3, 0.4) is 0 Å². The molecule has 34 heavy (non-hydrogen) atoms. The van der Waals surface area contributed by atoms with Gasteiger partial charge in [-0.3, -0.25) is 4.79 Å². The Morgan fingerprint density at radius 2 is 1.53 bits per heavy atom. The van der Waals surface area contributed by atoms with E-state index in [1.54, 1.807) is 0 Å². The lowest BCUT2D eigenvalue weighted by Gasteiger charge is -2.37. The van der Waals surface area contributed by atoms with Gasteiger partial charge < -0.3 is 9.64 Å². The molecule has 1 aliphatic heterocycles. The van der Waals surface area contributed by atoms with Crippen molar-refractivity contribution < 1.29 is 9.53 Å². The highest BCUT2D eigenvalue weighted by molar-refractivity contribution is 6.07. The second kappa shape index (κ2) is 8.98. The molecule has 0 aliphatic carbocycles. The van der Waals surface area contributed by atoms with E-state index in [1.807, 2.05) is 53.4 Å². The van der Waals surface area contributed by atoms with Crippen LogP contribution in [-0.4, -0.2) is 23.5 Å². The SMILES string of the molecule is CC(C)(C)c1ccc(OC[C@@H]2Cc3ccccc3CN2C(=O)c2cccc3ccccc23)cc1. The lowest BCUT2D eigenvalue weighted by atomic mass is 9.87. The Balaban J connectivity index is 1.42. The van der Waals surface area contributed by atoms with Crippen LogP contribution in [0.4, 0.5) is 0 Å². The monoisotopic (exact) mass is 449 g/mol. The first-order chi connectivity index (χ1) is 16.4. The third kappa shape index (κ3) is 4.43. The Morgan fingerprint density at radius 3 is 2.29 bits per heavy atom. The first-order valence-electron chi connectivity index (χ1n) is 12.0. The first-order valence-corrected chi connectivity index (χ1v) is 12.0. The number of hydrogen-bond donors (Lipinski definition) is 0. The lowest BCUT2D eigenvalue weighted by molar-refractivity contribution is 0.0568. The molecule has 1 aliphatic rings. The van der Waals surface area contributed by atoms with Crippen LogP contribution < -0.4 is 4.74 Å². The van der Waals surface area contributed by atoms with Crippen molar-refractivity contribution in [2.24, 2.45) is 0 Å². The summed E-state index contributed by atoms with van der Waals surface area (Å²) < 4.78 is 6.24. The van der Waals surface area contributed by atoms with E-state index in [2.05, 4.69) is 63.2 Å². The molecule has 3 heteroatoms. The number of hydrogen-bond acceptors (Lipinski definition) is 2. The molecule has 1 heterocycles. The van der Waals surface area contributed by atoms with Crippen molar-refractivity contribution in [2.75, 3.05) is 6.61 Å². The fourth-order valence-corrected chi connectivity index (χ4v) is 4.78. The highest BCUT2D eigenvalue weighted by atomic mass is 16.5. The quantitative estimate of drug-likeness (QED) is 0.343. The molecule has 0 radical (unpaired) electrons. The smallest absolute Gasteiger partial charge is 0.255 e. The second-order valence-electron chi connectivity index (χ2n) is 10.2. The molecular formula is C31H31NO2. The van der Waals surface area contributed by atoms with Crippen LogP contribution >= 0.6 is 0 Å². The maximum absolute atomic E-state index is 13.9. The van der Waals surface area contributed by atoms with E-state index in [-0.39, 0.29) is 17.4 Å². The predicted octanol–water partition coefficient (Wildman–Crippen LogP) is 6.78. The Morgan fingerprint density at radius 1 is 0.853 bits per heavy atom. The van der Waals surface area contributed by atoms with Crippen LogP contribution in [0.15, 0.2) is 91.0 Å². The maximum atomic E-state index is 13.9. The lowest BCUT2D eigenvalue weighted by Crippen LogP contribution is -2.47. The van der Waals surface area contributed by atoms with Gasteiger partial charge >= 0.3 is 0 Å². The number of ether oxygens (including phenoxy) is 1. The first kappa shape index (κ1) is 22.2. The van der Waals surface area contributed by atoms with E-state index >= 15 is 0 Å². The summed E-state index contributed by atoms with van der Waals surface area (Å²) in [4.78, 5) is 15.9. The molecule has 4 aromatic rings. The molecule has 0 saturated carbocycles. The van der Waals surface area contributed by atoms with Gasteiger partial charge in [-0.1, -0.05) is 93.6 Å². The number of rotatable bonds is 4. The van der Waals surface area contributed by atoms with Gasteiger partial charge in [-0.05, 0) is 57.5 Å². The van der Waals surface area contributed by atoms with E-state index in [1.165, 1.54) is 16.7 Å². The molecule has 1 atom stereocenters. The number of carbonyl (C=O) groups is 1. The van der Waals surface area contributed by atoms with Crippen molar-refractivity contribution in [3.8, 4) is 5.75 Å². The van der Waals surface area contributed by atoms with E-state index in [0.717, 1.165) is 28.5 Å². The molecule has 4 aromatic carbocycles. The fourth-order valence-electron chi connectivity index (χ4n) is 4.78. The zero-order valence-electron chi connectivity index (χ0n) is 20.1. The van der Waals surface area contributed by atoms with Crippen molar-refractivity contribution in [1.82, 2.24) is 4.90 Å². The summed E-state index contributed by atoms with van der Waals surface area (Å²) in [5.41, 5.74) is 4.63. The predicted molar refractivity (Wildman–Crippen MR) is 138 cm³/mol. The normalized spacial score (nSPS) is 15.7. The molecule has 3 nitrogen and oxygen atoms in total. The number of fused-ring (bicyclic) bond motifs is 2. The summed E-state index contributed by atoms with van der Waals surface area (Å²) in [5, 5.41) is 2.07. The maximum Gasteiger partial charge on any atom is 0.255 e. The van der Waals surface area contributed by atoms with Crippen LogP contribution in [0.1, 0.15) is 47.8 Å². The summed E-state index contributed by atoms with van der Waals surface area (Å²) >= 11 is 0. The van der Waals surface area contributed by atoms with Crippen LogP contribution in [0.2, 0.25) is 0 Å². The van der Waals surface area contributed by atoms with Gasteiger partial charge in [-0.15, -0.1) is 0 Å². The molecular weight excluding hydrogens is 418 g/mol. The van der Waals surface area contributed by atoms with Crippen molar-refractivity contribution in [1.29, 1.82) is 0 Å². The Labute approximate surface area is 202 Å². The molecule has 172 valence electrons. The van der Waals surface area contributed by atoms with Gasteiger partial charge in [0.2, 0.25) is 0 Å². The van der Waals surface area contributed by atoms with Crippen molar-refractivity contribution >= 4 is 16.7 Å². The van der Waals surface area contributed by atoms with Crippen molar-refractivity contribution in [3.63, 3.8) is 0 Å². The zero-order valence-corrected chi connectivity index (χ0v) is 20.1. The zero-order chi connectivity index (χ0) is 23.7. The third-order valence-corrected chi connectivity index (χ3v) is 6.80. The van der Waals surface area contributed by atoms with Gasteiger partial charge in [0.15, 0.2) is 0 Å². The topological polar surface area (TPSA) is 29.5 Å². The number of carbonyl (C=O) groups excluding carboxylic acids is 1. The van der Waals surface area contributed by atoms with Crippen LogP contribution in [0.25, 0.3) is 10.8 Å². The summed E-state index contributed by atoms with van der Waals surface area (Å²) in [7, 11) is 0. The van der Waals surface area contributed by atoms with E-state index in [9.17, 15) is 4.79 Å². The molecule has 5 rings (SSSR count). The fraction of sp³-hybridized carbons (Fsp3) is 0.258. The number of amides is 1. The molecule has 0 unspecified atom stereocenters. The summed E-state index contributed by atoms with van der Waals surface area (Å²) in [6, 6.07) is 30.8. The van der Waals surface area contributed by atoms with Crippen LogP contribution in [0.5, 0.6) is 5.75 Å². The summed E-state index contributed by atoms with van der Waals surface area (Å²) in [6.07, 6.45) is 0.784. The number of benzene rings is 4. The van der Waals surface area contributed by atoms with Gasteiger partial charge in [0.1, 0.15) is 12.4 Å². The van der Waals surface area contributed by atoms with Gasteiger partial charge in [0.05, 0.1) is 6.04 Å². The third-order valence-electron chi connectivity index (χ3n) is 6.80. The van der Waals surface area contributed by atoms with E-state index in [4.69, 9.17) is 4.74 Å². The molecule has 0 spiro atoms. The van der Waals surface area contributed by atoms with Crippen LogP contribution in [0, 0.1) is 0 Å². The van der Waals surface area contributed by atoms with Gasteiger partial charge in [-0.2, -0.15) is 0 Å². The van der Waals surface area contributed by atoms with Crippen molar-refractivity contribution in [2.45, 2.75) is 45.2 Å². The van der Waals surface area contributed by atoms with Gasteiger partial charge in [0, 0.05) is 12.1 Å². The minimum absolute atomic E-state index is 0.0383. The minimum atomic E-state index is -0.0383. The average Bonchev–Trinajstić information content (AvgIpc) is 2.86. The molecule has 0 bridgehead atoms. The Kier molecular flexibility index (Phi) is 5.87. The standard InChI is InChI=1S/C31H31NO2/c1-31(2,3)25-15-17-27(18-16-25)34-21-26-19-23-10-4-5-11-24(23)20-32(26)30(33)29-14-8-12-22-9-6-7-13-28(22)29/h4-18,26H,19-21H2,1-3H3/t26-/m0/s1. The highest BCUT2D eigenvalue weighted by Gasteiger charge is 2.31. The molecule has 0 N–H and O–H groups in total. The molecule has 0 fully saturated rings. The number of nitrogens with zero attached hydrogens (tertiary/aromatic N) is 1. The highest BCUT2D eigenvalue weighted by Crippen LogP contribution is 2.29. The Hall–Kier alpha value is -3.59. The Bertz CT molecular complexity index is 1310. The van der Waals surface area contributed by atoms with E-state index < -0.39 is 0 Å². The summed E-state index contributed by atoms with van der Waals surface area (Å²) in [5.74, 6) is 0.896.